The van der Waals surface area contributed by atoms with Crippen molar-refractivity contribution < 1.29 is 23.9 Å². The number of rotatable bonds is 7. The summed E-state index contributed by atoms with van der Waals surface area (Å²) in [5.41, 5.74) is 3.94. The van der Waals surface area contributed by atoms with Gasteiger partial charge in [0.25, 0.3) is 11.8 Å². The number of anilines is 2. The van der Waals surface area contributed by atoms with Gasteiger partial charge in [-0.15, -0.1) is 11.8 Å². The summed E-state index contributed by atoms with van der Waals surface area (Å²) in [4.78, 5) is 30.0. The number of fused-ring (bicyclic) bond motifs is 1. The van der Waals surface area contributed by atoms with E-state index in [0.717, 1.165) is 4.90 Å². The van der Waals surface area contributed by atoms with Crippen LogP contribution in [-0.4, -0.2) is 36.4 Å². The minimum absolute atomic E-state index is 0.0652. The largest absolute Gasteiger partial charge is 0.394 e. The van der Waals surface area contributed by atoms with Gasteiger partial charge in [-0.3, -0.25) is 14.4 Å². The van der Waals surface area contributed by atoms with Crippen LogP contribution in [0.3, 0.4) is 0 Å². The van der Waals surface area contributed by atoms with Crippen LogP contribution in [0.4, 0.5) is 15.8 Å². The van der Waals surface area contributed by atoms with E-state index in [0.29, 0.717) is 17.7 Å². The number of benzene rings is 2. The van der Waals surface area contributed by atoms with Crippen molar-refractivity contribution in [1.29, 1.82) is 0 Å². The van der Waals surface area contributed by atoms with Crippen LogP contribution in [0.1, 0.15) is 26.3 Å². The molecule has 27 heavy (non-hydrogen) atoms. The van der Waals surface area contributed by atoms with Gasteiger partial charge in [0.15, 0.2) is 0 Å². The van der Waals surface area contributed by atoms with E-state index in [9.17, 15) is 14.0 Å². The predicted octanol–water partition coefficient (Wildman–Crippen LogP) is 2.19. The predicted molar refractivity (Wildman–Crippen MR) is 99.6 cm³/mol. The van der Waals surface area contributed by atoms with Crippen LogP contribution < -0.4 is 16.1 Å². The number of aliphatic hydroxyl groups excluding tert-OH is 1. The van der Waals surface area contributed by atoms with E-state index in [1.807, 2.05) is 6.26 Å². The molecule has 0 fully saturated rings. The maximum Gasteiger partial charge on any atom is 0.276 e. The minimum Gasteiger partial charge on any atom is -0.394 e. The summed E-state index contributed by atoms with van der Waals surface area (Å²) in [6.07, 6.45) is 1.84. The molecule has 0 saturated heterocycles. The number of nitrogens with one attached hydrogen (secondary N) is 3. The molecule has 0 atom stereocenters. The third-order valence-corrected chi connectivity index (χ3v) is 4.70. The van der Waals surface area contributed by atoms with Gasteiger partial charge in [-0.25, -0.2) is 9.87 Å². The quantitative estimate of drug-likeness (QED) is 0.328. The lowest BCUT2D eigenvalue weighted by molar-refractivity contribution is 0.0169. The summed E-state index contributed by atoms with van der Waals surface area (Å²) in [5.74, 6) is -1.31. The SMILES string of the molecule is CSc1ccc(Nc2cc3c(cc2C(=O)NOCCO)CNC3=O)c(F)c1. The van der Waals surface area contributed by atoms with E-state index in [4.69, 9.17) is 9.94 Å². The summed E-state index contributed by atoms with van der Waals surface area (Å²) < 4.78 is 14.3. The number of aliphatic hydroxyl groups is 1. The third kappa shape index (κ3) is 4.21. The zero-order chi connectivity index (χ0) is 19.4. The average Bonchev–Trinajstić information content (AvgIpc) is 3.03. The fourth-order valence-corrected chi connectivity index (χ4v) is 3.08. The summed E-state index contributed by atoms with van der Waals surface area (Å²) in [7, 11) is 0. The molecular weight excluding hydrogens is 373 g/mol. The molecule has 2 aromatic rings. The number of thioether (sulfide) groups is 1. The van der Waals surface area contributed by atoms with Crippen molar-refractivity contribution in [3.05, 3.63) is 52.8 Å². The van der Waals surface area contributed by atoms with Crippen LogP contribution in [0.2, 0.25) is 0 Å². The summed E-state index contributed by atoms with van der Waals surface area (Å²) in [5, 5.41) is 14.3. The first-order valence-corrected chi connectivity index (χ1v) is 9.34. The zero-order valence-electron chi connectivity index (χ0n) is 14.5. The van der Waals surface area contributed by atoms with Crippen LogP contribution in [-0.2, 0) is 11.4 Å². The maximum atomic E-state index is 14.3. The molecule has 142 valence electrons. The number of hydrogen-bond donors (Lipinski definition) is 4. The van der Waals surface area contributed by atoms with Crippen LogP contribution >= 0.6 is 11.8 Å². The Morgan fingerprint density at radius 1 is 1.33 bits per heavy atom. The molecule has 0 saturated carbocycles. The Hall–Kier alpha value is -2.62. The molecule has 2 aromatic carbocycles. The standard InChI is InChI=1S/C18H18FN3O4S/c1-27-11-2-3-15(14(19)7-11)21-16-8-12-10(9-20-17(12)24)6-13(16)18(25)22-26-5-4-23/h2-3,6-8,21,23H,4-5,9H2,1H3,(H,20,24)(H,22,25). The highest BCUT2D eigenvalue weighted by Gasteiger charge is 2.24. The van der Waals surface area contributed by atoms with E-state index in [-0.39, 0.29) is 36.1 Å². The van der Waals surface area contributed by atoms with Crippen molar-refractivity contribution in [2.45, 2.75) is 11.4 Å². The third-order valence-electron chi connectivity index (χ3n) is 3.98. The summed E-state index contributed by atoms with van der Waals surface area (Å²) >= 11 is 1.41. The number of hydroxylamine groups is 1. The molecule has 1 aliphatic rings. The Morgan fingerprint density at radius 2 is 2.15 bits per heavy atom. The van der Waals surface area contributed by atoms with Gasteiger partial charge in [0, 0.05) is 17.0 Å². The van der Waals surface area contributed by atoms with Gasteiger partial charge < -0.3 is 15.7 Å². The van der Waals surface area contributed by atoms with E-state index in [1.54, 1.807) is 18.2 Å². The molecule has 0 aromatic heterocycles. The first kappa shape index (κ1) is 19.2. The van der Waals surface area contributed by atoms with Crippen molar-refractivity contribution in [2.24, 2.45) is 0 Å². The highest BCUT2D eigenvalue weighted by molar-refractivity contribution is 7.98. The van der Waals surface area contributed by atoms with Crippen molar-refractivity contribution >= 4 is 35.0 Å². The van der Waals surface area contributed by atoms with Crippen molar-refractivity contribution in [2.75, 3.05) is 24.8 Å². The van der Waals surface area contributed by atoms with Crippen LogP contribution in [0, 0.1) is 5.82 Å². The Labute approximate surface area is 159 Å². The van der Waals surface area contributed by atoms with Gasteiger partial charge >= 0.3 is 0 Å². The first-order chi connectivity index (χ1) is 13.0. The second kappa shape index (κ2) is 8.38. The van der Waals surface area contributed by atoms with Crippen molar-refractivity contribution in [1.82, 2.24) is 10.8 Å². The van der Waals surface area contributed by atoms with Gasteiger partial charge in [-0.2, -0.15) is 0 Å². The van der Waals surface area contributed by atoms with Crippen molar-refractivity contribution in [3.8, 4) is 0 Å². The zero-order valence-corrected chi connectivity index (χ0v) is 15.3. The number of hydrogen-bond acceptors (Lipinski definition) is 6. The number of amides is 2. The second-order valence-electron chi connectivity index (χ2n) is 5.71. The first-order valence-electron chi connectivity index (χ1n) is 8.12. The van der Waals surface area contributed by atoms with Gasteiger partial charge in [-0.05, 0) is 42.2 Å². The molecule has 4 N–H and O–H groups in total. The van der Waals surface area contributed by atoms with Gasteiger partial charge in [0.1, 0.15) is 5.82 Å². The molecule has 0 bridgehead atoms. The normalized spacial score (nSPS) is 12.5. The van der Waals surface area contributed by atoms with Crippen LogP contribution in [0.5, 0.6) is 0 Å². The molecule has 1 heterocycles. The average molecular weight is 391 g/mol. The van der Waals surface area contributed by atoms with E-state index < -0.39 is 11.7 Å². The van der Waals surface area contributed by atoms with Gasteiger partial charge in [0.2, 0.25) is 0 Å². The Morgan fingerprint density at radius 3 is 2.85 bits per heavy atom. The fourth-order valence-electron chi connectivity index (χ4n) is 2.65. The fraction of sp³-hybridized carbons (Fsp3) is 0.222. The number of carbonyl (C=O) groups is 2. The topological polar surface area (TPSA) is 99.7 Å². The maximum absolute atomic E-state index is 14.3. The van der Waals surface area contributed by atoms with E-state index >= 15 is 0 Å². The van der Waals surface area contributed by atoms with E-state index in [1.165, 1.54) is 23.9 Å². The Kier molecular flexibility index (Phi) is 5.94. The molecule has 2 amide bonds. The van der Waals surface area contributed by atoms with Crippen LogP contribution in [0.25, 0.3) is 0 Å². The number of halogens is 1. The molecular formula is C18H18FN3O4S. The molecule has 7 nitrogen and oxygen atoms in total. The molecule has 1 aliphatic heterocycles. The molecule has 0 unspecified atom stereocenters. The molecule has 9 heteroatoms. The number of carbonyl (C=O) groups excluding carboxylic acids is 2. The molecule has 0 spiro atoms. The van der Waals surface area contributed by atoms with Gasteiger partial charge in [0.05, 0.1) is 30.2 Å². The smallest absolute Gasteiger partial charge is 0.276 e. The summed E-state index contributed by atoms with van der Waals surface area (Å²) in [6.45, 7) is -0.00569. The lowest BCUT2D eigenvalue weighted by Crippen LogP contribution is -2.26. The Bertz CT molecular complexity index is 891. The van der Waals surface area contributed by atoms with Crippen LogP contribution in [0.15, 0.2) is 35.2 Å². The molecule has 3 rings (SSSR count). The Balaban J connectivity index is 1.95. The molecule has 0 radical (unpaired) electrons. The van der Waals surface area contributed by atoms with E-state index in [2.05, 4.69) is 16.1 Å². The lowest BCUT2D eigenvalue weighted by atomic mass is 10.0. The minimum atomic E-state index is -0.575. The highest BCUT2D eigenvalue weighted by Crippen LogP contribution is 2.30. The summed E-state index contributed by atoms with van der Waals surface area (Å²) in [6, 6.07) is 7.78. The lowest BCUT2D eigenvalue weighted by Gasteiger charge is -2.15. The highest BCUT2D eigenvalue weighted by atomic mass is 32.2. The second-order valence-corrected chi connectivity index (χ2v) is 6.59. The van der Waals surface area contributed by atoms with Gasteiger partial charge in [-0.1, -0.05) is 0 Å². The molecule has 0 aliphatic carbocycles. The van der Waals surface area contributed by atoms with Crippen molar-refractivity contribution in [3.63, 3.8) is 0 Å². The monoisotopic (exact) mass is 391 g/mol.